The van der Waals surface area contributed by atoms with Crippen LogP contribution in [0.15, 0.2) is 50.9 Å². The van der Waals surface area contributed by atoms with Crippen LogP contribution in [0.4, 0.5) is 0 Å². The van der Waals surface area contributed by atoms with Gasteiger partial charge in [0.05, 0.1) is 12.1 Å². The van der Waals surface area contributed by atoms with Gasteiger partial charge in [0.1, 0.15) is 10.6 Å². The van der Waals surface area contributed by atoms with E-state index < -0.39 is 5.97 Å². The number of Topliss-reactive ketones (excluding diaryl/α,β-unsaturated/α-hetero) is 1. The number of para-hydroxylation sites is 1. The van der Waals surface area contributed by atoms with Crippen LogP contribution in [0.25, 0.3) is 21.5 Å². The minimum absolute atomic E-state index is 0.0348. The summed E-state index contributed by atoms with van der Waals surface area (Å²) in [6, 6.07) is 9.41. The molecule has 0 atom stereocenters. The molecule has 0 saturated heterocycles. The number of hydrogen-bond acceptors (Lipinski definition) is 7. The zero-order valence-electron chi connectivity index (χ0n) is 14.4. The number of ketones is 1. The number of fused-ring (bicyclic) bond motifs is 1. The van der Waals surface area contributed by atoms with E-state index in [0.717, 1.165) is 21.5 Å². The van der Waals surface area contributed by atoms with E-state index in [1.54, 1.807) is 17.4 Å². The van der Waals surface area contributed by atoms with Gasteiger partial charge in [0.2, 0.25) is 5.78 Å². The maximum absolute atomic E-state index is 12.4. The number of ether oxygens (including phenoxy) is 1. The Morgan fingerprint density at radius 2 is 2.04 bits per heavy atom. The van der Waals surface area contributed by atoms with Crippen LogP contribution >= 0.6 is 22.7 Å². The first kappa shape index (κ1) is 17.6. The minimum Gasteiger partial charge on any atom is -0.457 e. The van der Waals surface area contributed by atoms with Crippen molar-refractivity contribution in [1.29, 1.82) is 0 Å². The highest BCUT2D eigenvalue weighted by molar-refractivity contribution is 7.14. The summed E-state index contributed by atoms with van der Waals surface area (Å²) in [5, 5.41) is 7.58. The molecule has 0 radical (unpaired) electrons. The van der Waals surface area contributed by atoms with Crippen LogP contribution in [-0.4, -0.2) is 23.3 Å². The molecule has 1 aromatic carbocycles. The first-order valence-electron chi connectivity index (χ1n) is 8.26. The molecule has 27 heavy (non-hydrogen) atoms. The molecule has 0 fully saturated rings. The molecule has 3 heterocycles. The third kappa shape index (κ3) is 3.70. The number of aromatic nitrogens is 1. The molecule has 0 aliphatic heterocycles. The van der Waals surface area contributed by atoms with E-state index in [4.69, 9.17) is 9.15 Å². The molecule has 0 saturated carbocycles. The van der Waals surface area contributed by atoms with Crippen LogP contribution in [-0.2, 0) is 16.0 Å². The SMILES string of the molecule is Cc1c(C(=O)COC(=O)Cc2csc(-c3ccsc3)n2)oc2ccccc12. The fourth-order valence-corrected chi connectivity index (χ4v) is 4.29. The Morgan fingerprint density at radius 3 is 2.81 bits per heavy atom. The van der Waals surface area contributed by atoms with E-state index in [1.165, 1.54) is 11.3 Å². The van der Waals surface area contributed by atoms with Crippen LogP contribution in [0.2, 0.25) is 0 Å². The quantitative estimate of drug-likeness (QED) is 0.342. The topological polar surface area (TPSA) is 69.4 Å². The Bertz CT molecular complexity index is 1110. The van der Waals surface area contributed by atoms with E-state index >= 15 is 0 Å². The Labute approximate surface area is 163 Å². The Morgan fingerprint density at radius 1 is 1.19 bits per heavy atom. The van der Waals surface area contributed by atoms with Gasteiger partial charge in [0, 0.05) is 27.3 Å². The number of esters is 1. The molecule has 5 nitrogen and oxygen atoms in total. The molecule has 7 heteroatoms. The second-order valence-corrected chi connectivity index (χ2v) is 7.61. The Hall–Kier alpha value is -2.77. The molecule has 0 unspecified atom stereocenters. The summed E-state index contributed by atoms with van der Waals surface area (Å²) in [6.45, 7) is 1.48. The van der Waals surface area contributed by atoms with Gasteiger partial charge in [0.15, 0.2) is 12.4 Å². The van der Waals surface area contributed by atoms with Crippen LogP contribution in [0.5, 0.6) is 0 Å². The predicted molar refractivity (Wildman–Crippen MR) is 105 cm³/mol. The summed E-state index contributed by atoms with van der Waals surface area (Å²) in [4.78, 5) is 28.9. The zero-order chi connectivity index (χ0) is 18.8. The summed E-state index contributed by atoms with van der Waals surface area (Å²) >= 11 is 3.08. The maximum Gasteiger partial charge on any atom is 0.312 e. The summed E-state index contributed by atoms with van der Waals surface area (Å²) in [7, 11) is 0. The van der Waals surface area contributed by atoms with E-state index in [0.29, 0.717) is 11.3 Å². The molecule has 0 N–H and O–H groups in total. The largest absolute Gasteiger partial charge is 0.457 e. The first-order chi connectivity index (χ1) is 13.1. The smallest absolute Gasteiger partial charge is 0.312 e. The van der Waals surface area contributed by atoms with Crippen molar-refractivity contribution in [3.8, 4) is 10.6 Å². The Kier molecular flexibility index (Phi) is 4.87. The van der Waals surface area contributed by atoms with Crippen LogP contribution < -0.4 is 0 Å². The van der Waals surface area contributed by atoms with Crippen molar-refractivity contribution in [2.45, 2.75) is 13.3 Å². The molecule has 0 spiro atoms. The normalized spacial score (nSPS) is 11.0. The number of furan rings is 1. The third-order valence-corrected chi connectivity index (χ3v) is 5.73. The molecule has 0 bridgehead atoms. The molecule has 3 aromatic heterocycles. The van der Waals surface area contributed by atoms with Gasteiger partial charge in [-0.3, -0.25) is 9.59 Å². The lowest BCUT2D eigenvalue weighted by molar-refractivity contribution is -0.141. The molecule has 136 valence electrons. The number of rotatable bonds is 6. The van der Waals surface area contributed by atoms with E-state index in [-0.39, 0.29) is 24.6 Å². The van der Waals surface area contributed by atoms with Crippen molar-refractivity contribution in [2.75, 3.05) is 6.61 Å². The zero-order valence-corrected chi connectivity index (χ0v) is 16.1. The minimum atomic E-state index is -0.487. The molecule has 0 aliphatic rings. The summed E-state index contributed by atoms with van der Waals surface area (Å²) in [6.07, 6.45) is 0.0348. The van der Waals surface area contributed by atoms with Crippen molar-refractivity contribution in [2.24, 2.45) is 0 Å². The highest BCUT2D eigenvalue weighted by Crippen LogP contribution is 2.26. The van der Waals surface area contributed by atoms with Crippen molar-refractivity contribution in [3.63, 3.8) is 0 Å². The maximum atomic E-state index is 12.4. The predicted octanol–water partition coefficient (Wildman–Crippen LogP) is 4.89. The second-order valence-electron chi connectivity index (χ2n) is 5.97. The lowest BCUT2D eigenvalue weighted by Gasteiger charge is -2.02. The molecule has 4 rings (SSSR count). The van der Waals surface area contributed by atoms with E-state index in [9.17, 15) is 9.59 Å². The van der Waals surface area contributed by atoms with Crippen molar-refractivity contribution < 1.29 is 18.7 Å². The van der Waals surface area contributed by atoms with Gasteiger partial charge in [-0.15, -0.1) is 11.3 Å². The number of thiophene rings is 1. The lowest BCUT2D eigenvalue weighted by atomic mass is 10.1. The number of nitrogens with zero attached hydrogens (tertiary/aromatic N) is 1. The van der Waals surface area contributed by atoms with Crippen molar-refractivity contribution in [3.05, 3.63) is 63.5 Å². The number of carbonyl (C=O) groups excluding carboxylic acids is 2. The van der Waals surface area contributed by atoms with Gasteiger partial charge in [-0.2, -0.15) is 11.3 Å². The fraction of sp³-hybridized carbons (Fsp3) is 0.150. The second kappa shape index (κ2) is 7.46. The number of thiazole rings is 1. The number of carbonyl (C=O) groups is 2. The molecule has 0 aliphatic carbocycles. The third-order valence-electron chi connectivity index (χ3n) is 4.11. The fourth-order valence-electron chi connectivity index (χ4n) is 2.76. The van der Waals surface area contributed by atoms with Crippen LogP contribution in [0.3, 0.4) is 0 Å². The van der Waals surface area contributed by atoms with Gasteiger partial charge in [-0.25, -0.2) is 4.98 Å². The van der Waals surface area contributed by atoms with Crippen molar-refractivity contribution in [1.82, 2.24) is 4.98 Å². The van der Waals surface area contributed by atoms with Crippen LogP contribution in [0.1, 0.15) is 21.8 Å². The number of hydrogen-bond donors (Lipinski definition) is 0. The molecular weight excluding hydrogens is 382 g/mol. The van der Waals surface area contributed by atoms with Crippen molar-refractivity contribution >= 4 is 45.4 Å². The lowest BCUT2D eigenvalue weighted by Crippen LogP contribution is -2.16. The van der Waals surface area contributed by atoms with E-state index in [2.05, 4.69) is 4.98 Å². The number of aryl methyl sites for hydroxylation is 1. The van der Waals surface area contributed by atoms with Crippen LogP contribution in [0, 0.1) is 6.92 Å². The van der Waals surface area contributed by atoms with Gasteiger partial charge in [0.25, 0.3) is 0 Å². The standard InChI is InChI=1S/C20H15NO4S2/c1-12-15-4-2-3-5-17(15)25-19(12)16(22)9-24-18(23)8-14-11-27-20(21-14)13-6-7-26-10-13/h2-7,10-11H,8-9H2,1H3. The highest BCUT2D eigenvalue weighted by atomic mass is 32.1. The monoisotopic (exact) mass is 397 g/mol. The summed E-state index contributed by atoms with van der Waals surface area (Å²) < 4.78 is 10.7. The van der Waals surface area contributed by atoms with Gasteiger partial charge in [-0.1, -0.05) is 18.2 Å². The molecule has 0 amide bonds. The summed E-state index contributed by atoms with van der Waals surface area (Å²) in [5.74, 6) is -0.606. The molecule has 4 aromatic rings. The van der Waals surface area contributed by atoms with Gasteiger partial charge in [-0.05, 0) is 24.4 Å². The van der Waals surface area contributed by atoms with Gasteiger partial charge < -0.3 is 9.15 Å². The highest BCUT2D eigenvalue weighted by Gasteiger charge is 2.19. The first-order valence-corrected chi connectivity index (χ1v) is 10.1. The molecular formula is C20H15NO4S2. The average molecular weight is 397 g/mol. The summed E-state index contributed by atoms with van der Waals surface area (Å²) in [5.41, 5.74) is 3.08. The Balaban J connectivity index is 1.37. The van der Waals surface area contributed by atoms with E-state index in [1.807, 2.05) is 47.3 Å². The van der Waals surface area contributed by atoms with Gasteiger partial charge >= 0.3 is 5.97 Å². The number of benzene rings is 1. The average Bonchev–Trinajstić information content (AvgIpc) is 3.40.